The summed E-state index contributed by atoms with van der Waals surface area (Å²) in [5, 5.41) is 9.01. The molecular formula is C23H44N6O. The number of aromatic nitrogens is 3. The molecule has 2 heterocycles. The van der Waals surface area contributed by atoms with Crippen LogP contribution in [0.25, 0.3) is 0 Å². The smallest absolute Gasteiger partial charge is 0.251 e. The Morgan fingerprint density at radius 2 is 1.47 bits per heavy atom. The molecule has 7 heteroatoms. The van der Waals surface area contributed by atoms with Gasteiger partial charge in [-0.15, -0.1) is 0 Å². The number of rotatable bonds is 16. The topological polar surface area (TPSA) is 77.4 Å². The van der Waals surface area contributed by atoms with E-state index < -0.39 is 0 Å². The van der Waals surface area contributed by atoms with Gasteiger partial charge in [0, 0.05) is 32.7 Å². The minimum Gasteiger partial charge on any atom is -0.338 e. The van der Waals surface area contributed by atoms with Crippen molar-refractivity contribution in [3.8, 4) is 0 Å². The lowest BCUT2D eigenvalue weighted by molar-refractivity contribution is 0.201. The predicted octanol–water partition coefficient (Wildman–Crippen LogP) is 5.13. The fraction of sp³-hybridized carbons (Fsp3) is 0.870. The normalized spacial score (nSPS) is 16.0. The first-order valence-electron chi connectivity index (χ1n) is 12.3. The second kappa shape index (κ2) is 15.3. The van der Waals surface area contributed by atoms with Crippen LogP contribution in [0.3, 0.4) is 0 Å². The average Bonchev–Trinajstić information content (AvgIpc) is 2.79. The Morgan fingerprint density at radius 1 is 0.867 bits per heavy atom. The predicted molar refractivity (Wildman–Crippen MR) is 124 cm³/mol. The van der Waals surface area contributed by atoms with E-state index in [4.69, 9.17) is 5.21 Å². The van der Waals surface area contributed by atoms with E-state index in [1.165, 1.54) is 89.9 Å². The first-order valence-corrected chi connectivity index (χ1v) is 12.3. The van der Waals surface area contributed by atoms with Crippen molar-refractivity contribution < 1.29 is 5.21 Å². The van der Waals surface area contributed by atoms with Crippen molar-refractivity contribution in [2.24, 2.45) is 5.92 Å². The molecule has 1 aromatic heterocycles. The second-order valence-electron chi connectivity index (χ2n) is 8.78. The van der Waals surface area contributed by atoms with Crippen LogP contribution in [0, 0.1) is 5.92 Å². The van der Waals surface area contributed by atoms with Crippen LogP contribution >= 0.6 is 0 Å². The fourth-order valence-electron chi connectivity index (χ4n) is 4.39. The standard InChI is InChI=1S/C23H44N6O/c1-3-5-7-9-10-12-14-21(13-11-8-6-4-2)19-28-15-17-29(18-16-28)23-25-20-24-22(26-23)27-30/h20-21,30H,3-19H2,1-2H3,(H,24,25,26,27). The lowest BCUT2D eigenvalue weighted by atomic mass is 9.93. The van der Waals surface area contributed by atoms with Gasteiger partial charge in [-0.1, -0.05) is 78.1 Å². The summed E-state index contributed by atoms with van der Waals surface area (Å²) >= 11 is 0. The maximum Gasteiger partial charge on any atom is 0.251 e. The van der Waals surface area contributed by atoms with E-state index >= 15 is 0 Å². The number of nitrogens with zero attached hydrogens (tertiary/aromatic N) is 5. The monoisotopic (exact) mass is 420 g/mol. The van der Waals surface area contributed by atoms with Gasteiger partial charge in [0.2, 0.25) is 5.95 Å². The van der Waals surface area contributed by atoms with Crippen LogP contribution in [0.5, 0.6) is 0 Å². The summed E-state index contributed by atoms with van der Waals surface area (Å²) in [4.78, 5) is 17.2. The molecule has 0 aromatic carbocycles. The summed E-state index contributed by atoms with van der Waals surface area (Å²) < 4.78 is 0. The highest BCUT2D eigenvalue weighted by atomic mass is 16.5. The van der Waals surface area contributed by atoms with Crippen LogP contribution in [0.1, 0.15) is 90.9 Å². The van der Waals surface area contributed by atoms with Crippen molar-refractivity contribution in [2.45, 2.75) is 90.9 Å². The Bertz CT molecular complexity index is 550. The zero-order chi connectivity index (χ0) is 21.4. The second-order valence-corrected chi connectivity index (χ2v) is 8.78. The first-order chi connectivity index (χ1) is 14.8. The molecule has 1 saturated heterocycles. The Balaban J connectivity index is 1.75. The molecule has 0 aliphatic carbocycles. The number of nitrogens with one attached hydrogen (secondary N) is 1. The van der Waals surface area contributed by atoms with Crippen molar-refractivity contribution in [1.82, 2.24) is 19.9 Å². The number of piperazine rings is 1. The Kier molecular flexibility index (Phi) is 12.7. The van der Waals surface area contributed by atoms with Crippen molar-refractivity contribution in [1.29, 1.82) is 0 Å². The summed E-state index contributed by atoms with van der Waals surface area (Å²) in [6.45, 7) is 9.76. The summed E-state index contributed by atoms with van der Waals surface area (Å²) in [5.41, 5.74) is 2.01. The number of anilines is 2. The molecule has 1 aliphatic heterocycles. The first kappa shape index (κ1) is 24.8. The molecule has 2 rings (SSSR count). The molecule has 1 fully saturated rings. The molecule has 2 N–H and O–H groups in total. The molecule has 1 aromatic rings. The SMILES string of the molecule is CCCCCCCCC(CCCCCC)CN1CCN(c2ncnc(NO)n2)CC1. The molecule has 172 valence electrons. The molecule has 0 spiro atoms. The van der Waals surface area contributed by atoms with Crippen molar-refractivity contribution in [3.05, 3.63) is 6.33 Å². The van der Waals surface area contributed by atoms with E-state index in [1.807, 2.05) is 5.48 Å². The van der Waals surface area contributed by atoms with Crippen LogP contribution in [-0.4, -0.2) is 57.8 Å². The molecule has 30 heavy (non-hydrogen) atoms. The van der Waals surface area contributed by atoms with Crippen molar-refractivity contribution >= 4 is 11.9 Å². The van der Waals surface area contributed by atoms with Gasteiger partial charge in [-0.05, 0) is 18.8 Å². The number of unbranched alkanes of at least 4 members (excludes halogenated alkanes) is 8. The third-order valence-electron chi connectivity index (χ3n) is 6.26. The Labute approximate surface area is 183 Å². The van der Waals surface area contributed by atoms with E-state index in [0.29, 0.717) is 5.95 Å². The summed E-state index contributed by atoms with van der Waals surface area (Å²) in [5.74, 6) is 1.68. The third kappa shape index (κ3) is 9.56. The molecular weight excluding hydrogens is 376 g/mol. The van der Waals surface area contributed by atoms with Gasteiger partial charge in [-0.25, -0.2) is 10.5 Å². The molecule has 1 atom stereocenters. The van der Waals surface area contributed by atoms with E-state index in [0.717, 1.165) is 32.1 Å². The van der Waals surface area contributed by atoms with Gasteiger partial charge in [-0.2, -0.15) is 9.97 Å². The minimum atomic E-state index is 0.202. The molecule has 7 nitrogen and oxygen atoms in total. The van der Waals surface area contributed by atoms with Crippen LogP contribution in [0.15, 0.2) is 6.33 Å². The summed E-state index contributed by atoms with van der Waals surface area (Å²) in [6.07, 6.45) is 18.0. The molecule has 0 saturated carbocycles. The summed E-state index contributed by atoms with van der Waals surface area (Å²) in [6, 6.07) is 0. The molecule has 0 amide bonds. The average molecular weight is 421 g/mol. The molecule has 0 radical (unpaired) electrons. The van der Waals surface area contributed by atoms with Gasteiger partial charge in [-0.3, -0.25) is 10.1 Å². The highest BCUT2D eigenvalue weighted by Gasteiger charge is 2.22. The highest BCUT2D eigenvalue weighted by molar-refractivity contribution is 5.34. The Hall–Kier alpha value is -1.47. The fourth-order valence-corrected chi connectivity index (χ4v) is 4.39. The van der Waals surface area contributed by atoms with Gasteiger partial charge in [0.1, 0.15) is 6.33 Å². The zero-order valence-corrected chi connectivity index (χ0v) is 19.4. The molecule has 1 aliphatic rings. The number of hydrogen-bond donors (Lipinski definition) is 2. The lowest BCUT2D eigenvalue weighted by Gasteiger charge is -2.36. The van der Waals surface area contributed by atoms with Gasteiger partial charge in [0.25, 0.3) is 5.95 Å². The Morgan fingerprint density at radius 3 is 2.10 bits per heavy atom. The lowest BCUT2D eigenvalue weighted by Crippen LogP contribution is -2.48. The van der Waals surface area contributed by atoms with Crippen LogP contribution in [-0.2, 0) is 0 Å². The van der Waals surface area contributed by atoms with Crippen LogP contribution in [0.2, 0.25) is 0 Å². The van der Waals surface area contributed by atoms with Crippen LogP contribution in [0.4, 0.5) is 11.9 Å². The van der Waals surface area contributed by atoms with Gasteiger partial charge < -0.3 is 4.90 Å². The molecule has 1 unspecified atom stereocenters. The van der Waals surface area contributed by atoms with Gasteiger partial charge in [0.15, 0.2) is 0 Å². The highest BCUT2D eigenvalue weighted by Crippen LogP contribution is 2.21. The maximum atomic E-state index is 9.01. The van der Waals surface area contributed by atoms with Crippen molar-refractivity contribution in [3.63, 3.8) is 0 Å². The van der Waals surface area contributed by atoms with Crippen molar-refractivity contribution in [2.75, 3.05) is 43.1 Å². The van der Waals surface area contributed by atoms with Crippen LogP contribution < -0.4 is 10.4 Å². The van der Waals surface area contributed by atoms with E-state index in [-0.39, 0.29) is 5.95 Å². The maximum absolute atomic E-state index is 9.01. The van der Waals surface area contributed by atoms with Gasteiger partial charge in [0.05, 0.1) is 0 Å². The van der Waals surface area contributed by atoms with E-state index in [2.05, 4.69) is 38.6 Å². The summed E-state index contributed by atoms with van der Waals surface area (Å²) in [7, 11) is 0. The van der Waals surface area contributed by atoms with E-state index in [9.17, 15) is 0 Å². The quantitative estimate of drug-likeness (QED) is 0.283. The third-order valence-corrected chi connectivity index (χ3v) is 6.26. The van der Waals surface area contributed by atoms with E-state index in [1.54, 1.807) is 0 Å². The minimum absolute atomic E-state index is 0.202. The zero-order valence-electron chi connectivity index (χ0n) is 19.4. The molecule has 0 bridgehead atoms. The largest absolute Gasteiger partial charge is 0.338 e. The van der Waals surface area contributed by atoms with Gasteiger partial charge >= 0.3 is 0 Å². The number of hydrogen-bond acceptors (Lipinski definition) is 7.